The van der Waals surface area contributed by atoms with E-state index in [-0.39, 0.29) is 0 Å². The molecule has 0 unspecified atom stereocenters. The minimum Gasteiger partial charge on any atom is -0.493 e. The van der Waals surface area contributed by atoms with Crippen LogP contribution in [0.15, 0.2) is 18.2 Å². The van der Waals surface area contributed by atoms with Gasteiger partial charge in [0.1, 0.15) is 19.6 Å². The van der Waals surface area contributed by atoms with E-state index in [1.807, 2.05) is 12.1 Å². The van der Waals surface area contributed by atoms with Crippen molar-refractivity contribution in [1.29, 1.82) is 0 Å². The van der Waals surface area contributed by atoms with E-state index in [0.717, 1.165) is 44.3 Å². The highest BCUT2D eigenvalue weighted by Crippen LogP contribution is 2.30. The molecule has 4 nitrogen and oxygen atoms in total. The highest BCUT2D eigenvalue weighted by atomic mass is 16.5. The summed E-state index contributed by atoms with van der Waals surface area (Å²) < 4.78 is 16.1. The standard InChI is InChI=1S/C13H19NO3/c1-15-12-5-3-4-11(13(12)16-2)10-14-6-8-17-9-7-14/h3-5H,6-10H2,1-2H3/p+1. The number of methoxy groups -OCH3 is 2. The summed E-state index contributed by atoms with van der Waals surface area (Å²) in [5.74, 6) is 1.66. The number of hydrogen-bond donors (Lipinski definition) is 1. The summed E-state index contributed by atoms with van der Waals surface area (Å²) in [7, 11) is 3.36. The van der Waals surface area contributed by atoms with Crippen molar-refractivity contribution in [2.45, 2.75) is 6.54 Å². The van der Waals surface area contributed by atoms with Gasteiger partial charge >= 0.3 is 0 Å². The van der Waals surface area contributed by atoms with Crippen molar-refractivity contribution in [2.75, 3.05) is 40.5 Å². The zero-order valence-electron chi connectivity index (χ0n) is 10.5. The zero-order valence-corrected chi connectivity index (χ0v) is 10.5. The van der Waals surface area contributed by atoms with Gasteiger partial charge in [-0.2, -0.15) is 0 Å². The average molecular weight is 238 g/mol. The Labute approximate surface area is 102 Å². The topological polar surface area (TPSA) is 32.1 Å². The maximum absolute atomic E-state index is 5.44. The lowest BCUT2D eigenvalue weighted by Gasteiger charge is -2.24. The SMILES string of the molecule is COc1cccc(C[NH+]2CCOCC2)c1OC. The summed E-state index contributed by atoms with van der Waals surface area (Å²) in [5.41, 5.74) is 1.20. The maximum atomic E-state index is 5.44. The molecule has 2 rings (SSSR count). The zero-order chi connectivity index (χ0) is 12.1. The van der Waals surface area contributed by atoms with E-state index in [9.17, 15) is 0 Å². The summed E-state index contributed by atoms with van der Waals surface area (Å²) in [6, 6.07) is 6.04. The third-order valence-corrected chi connectivity index (χ3v) is 3.12. The monoisotopic (exact) mass is 238 g/mol. The van der Waals surface area contributed by atoms with Gasteiger partial charge in [0.25, 0.3) is 0 Å². The number of ether oxygens (including phenoxy) is 3. The second-order valence-electron chi connectivity index (χ2n) is 4.19. The molecule has 1 aliphatic rings. The number of morpholine rings is 1. The van der Waals surface area contributed by atoms with Crippen LogP contribution in [0.3, 0.4) is 0 Å². The van der Waals surface area contributed by atoms with E-state index in [2.05, 4.69) is 6.07 Å². The van der Waals surface area contributed by atoms with Gasteiger partial charge in [-0.3, -0.25) is 0 Å². The molecule has 1 saturated heterocycles. The van der Waals surface area contributed by atoms with Crippen molar-refractivity contribution in [2.24, 2.45) is 0 Å². The molecule has 0 aliphatic carbocycles. The summed E-state index contributed by atoms with van der Waals surface area (Å²) in [4.78, 5) is 1.53. The van der Waals surface area contributed by atoms with Crippen LogP contribution in [0.25, 0.3) is 0 Å². The highest BCUT2D eigenvalue weighted by molar-refractivity contribution is 5.46. The quantitative estimate of drug-likeness (QED) is 0.808. The minimum atomic E-state index is 0.803. The number of quaternary nitrogens is 1. The molecule has 0 aromatic heterocycles. The molecule has 1 aromatic rings. The molecule has 1 N–H and O–H groups in total. The number of rotatable bonds is 4. The predicted octanol–water partition coefficient (Wildman–Crippen LogP) is 0.119. The molecule has 0 atom stereocenters. The van der Waals surface area contributed by atoms with Crippen LogP contribution >= 0.6 is 0 Å². The van der Waals surface area contributed by atoms with Gasteiger partial charge in [-0.25, -0.2) is 0 Å². The smallest absolute Gasteiger partial charge is 0.169 e. The molecule has 0 saturated carbocycles. The number of para-hydroxylation sites is 1. The molecule has 0 bridgehead atoms. The van der Waals surface area contributed by atoms with Crippen LogP contribution in [-0.2, 0) is 11.3 Å². The number of hydrogen-bond acceptors (Lipinski definition) is 3. The van der Waals surface area contributed by atoms with E-state index < -0.39 is 0 Å². The van der Waals surface area contributed by atoms with Crippen LogP contribution in [0.5, 0.6) is 11.5 Å². The van der Waals surface area contributed by atoms with Crippen molar-refractivity contribution < 1.29 is 19.1 Å². The Bertz CT molecular complexity index is 362. The van der Waals surface area contributed by atoms with E-state index in [1.165, 1.54) is 10.5 Å². The largest absolute Gasteiger partial charge is 0.493 e. The predicted molar refractivity (Wildman–Crippen MR) is 64.8 cm³/mol. The molecule has 1 aromatic carbocycles. The van der Waals surface area contributed by atoms with E-state index >= 15 is 0 Å². The van der Waals surface area contributed by atoms with Crippen molar-refractivity contribution in [3.8, 4) is 11.5 Å². The van der Waals surface area contributed by atoms with E-state index in [1.54, 1.807) is 14.2 Å². The Morgan fingerprint density at radius 2 is 1.94 bits per heavy atom. The molecule has 4 heteroatoms. The molecule has 0 amide bonds. The lowest BCUT2D eigenvalue weighted by molar-refractivity contribution is -0.921. The second-order valence-corrected chi connectivity index (χ2v) is 4.19. The van der Waals surface area contributed by atoms with Crippen molar-refractivity contribution in [3.05, 3.63) is 23.8 Å². The Morgan fingerprint density at radius 1 is 1.18 bits per heavy atom. The molecule has 94 valence electrons. The minimum absolute atomic E-state index is 0.803. The van der Waals surface area contributed by atoms with Gasteiger partial charge in [-0.05, 0) is 12.1 Å². The molecular formula is C13H20NO3+. The Hall–Kier alpha value is -1.26. The second kappa shape index (κ2) is 5.89. The van der Waals surface area contributed by atoms with E-state index in [0.29, 0.717) is 0 Å². The fourth-order valence-corrected chi connectivity index (χ4v) is 2.20. The van der Waals surface area contributed by atoms with Crippen LogP contribution in [0.1, 0.15) is 5.56 Å². The molecular weight excluding hydrogens is 218 g/mol. The molecule has 1 fully saturated rings. The molecule has 1 aliphatic heterocycles. The first-order chi connectivity index (χ1) is 8.35. The Kier molecular flexibility index (Phi) is 4.23. The molecule has 17 heavy (non-hydrogen) atoms. The summed E-state index contributed by atoms with van der Waals surface area (Å²) >= 11 is 0. The fraction of sp³-hybridized carbons (Fsp3) is 0.538. The van der Waals surface area contributed by atoms with Crippen LogP contribution < -0.4 is 14.4 Å². The Morgan fingerprint density at radius 3 is 2.59 bits per heavy atom. The van der Waals surface area contributed by atoms with Crippen molar-refractivity contribution in [3.63, 3.8) is 0 Å². The highest BCUT2D eigenvalue weighted by Gasteiger charge is 2.18. The lowest BCUT2D eigenvalue weighted by atomic mass is 10.1. The number of nitrogens with one attached hydrogen (secondary N) is 1. The normalized spacial score (nSPS) is 16.8. The van der Waals surface area contributed by atoms with E-state index in [4.69, 9.17) is 14.2 Å². The average Bonchev–Trinajstić information content (AvgIpc) is 2.39. The first-order valence-electron chi connectivity index (χ1n) is 5.96. The van der Waals surface area contributed by atoms with Gasteiger partial charge in [0.05, 0.1) is 33.0 Å². The van der Waals surface area contributed by atoms with Gasteiger partial charge in [0.2, 0.25) is 0 Å². The van der Waals surface area contributed by atoms with Crippen molar-refractivity contribution in [1.82, 2.24) is 0 Å². The number of benzene rings is 1. The summed E-state index contributed by atoms with van der Waals surface area (Å²) in [6.45, 7) is 4.77. The molecule has 0 radical (unpaired) electrons. The van der Waals surface area contributed by atoms with Gasteiger partial charge < -0.3 is 19.1 Å². The van der Waals surface area contributed by atoms with Crippen LogP contribution in [0, 0.1) is 0 Å². The summed E-state index contributed by atoms with van der Waals surface area (Å²) in [5, 5.41) is 0. The molecule has 0 spiro atoms. The Balaban J connectivity index is 2.13. The maximum Gasteiger partial charge on any atom is 0.169 e. The first kappa shape index (κ1) is 12.2. The van der Waals surface area contributed by atoms with Crippen LogP contribution in [0.4, 0.5) is 0 Å². The van der Waals surface area contributed by atoms with Gasteiger partial charge in [0, 0.05) is 0 Å². The van der Waals surface area contributed by atoms with Gasteiger partial charge in [0.15, 0.2) is 11.5 Å². The van der Waals surface area contributed by atoms with Gasteiger partial charge in [-0.15, -0.1) is 0 Å². The van der Waals surface area contributed by atoms with Crippen LogP contribution in [0.2, 0.25) is 0 Å². The van der Waals surface area contributed by atoms with Gasteiger partial charge in [-0.1, -0.05) is 6.07 Å². The molecule has 1 heterocycles. The van der Waals surface area contributed by atoms with Crippen LogP contribution in [-0.4, -0.2) is 40.5 Å². The first-order valence-corrected chi connectivity index (χ1v) is 5.96. The third kappa shape index (κ3) is 2.90. The summed E-state index contributed by atoms with van der Waals surface area (Å²) in [6.07, 6.45) is 0. The fourth-order valence-electron chi connectivity index (χ4n) is 2.20. The lowest BCUT2D eigenvalue weighted by Crippen LogP contribution is -3.12. The van der Waals surface area contributed by atoms with Crippen molar-refractivity contribution >= 4 is 0 Å². The third-order valence-electron chi connectivity index (χ3n) is 3.12.